The number of hydrogen-bond donors (Lipinski definition) is 1. The van der Waals surface area contributed by atoms with Crippen LogP contribution in [0.4, 0.5) is 0 Å². The van der Waals surface area contributed by atoms with Crippen LogP contribution in [0.15, 0.2) is 36.4 Å². The highest BCUT2D eigenvalue weighted by Gasteiger charge is 2.22. The minimum absolute atomic E-state index is 0.00890. The van der Waals surface area contributed by atoms with Crippen LogP contribution in [0.3, 0.4) is 0 Å². The fourth-order valence-corrected chi connectivity index (χ4v) is 2.99. The third-order valence-electron chi connectivity index (χ3n) is 4.56. The van der Waals surface area contributed by atoms with Gasteiger partial charge in [-0.05, 0) is 48.4 Å². The molecule has 0 bridgehead atoms. The number of esters is 1. The van der Waals surface area contributed by atoms with Crippen LogP contribution in [0.1, 0.15) is 50.9 Å². The average Bonchev–Trinajstić information content (AvgIpc) is 2.63. The molecule has 1 aromatic carbocycles. The van der Waals surface area contributed by atoms with Crippen LogP contribution in [-0.4, -0.2) is 42.3 Å². The molecule has 1 aromatic rings. The number of nitrogens with zero attached hydrogens (tertiary/aromatic N) is 1. The first-order valence-electron chi connectivity index (χ1n) is 9.69. The van der Waals surface area contributed by atoms with E-state index in [1.165, 1.54) is 6.92 Å². The van der Waals surface area contributed by atoms with Crippen molar-refractivity contribution in [1.82, 2.24) is 10.2 Å². The van der Waals surface area contributed by atoms with E-state index in [9.17, 15) is 14.4 Å². The van der Waals surface area contributed by atoms with Gasteiger partial charge in [0.05, 0.1) is 0 Å². The molecule has 1 aliphatic heterocycles. The van der Waals surface area contributed by atoms with Crippen molar-refractivity contribution in [3.8, 4) is 5.75 Å². The van der Waals surface area contributed by atoms with Crippen LogP contribution in [0.25, 0.3) is 0 Å². The molecular weight excluding hydrogens is 356 g/mol. The maximum Gasteiger partial charge on any atom is 0.308 e. The van der Waals surface area contributed by atoms with Crippen molar-refractivity contribution in [2.45, 2.75) is 40.5 Å². The van der Waals surface area contributed by atoms with Gasteiger partial charge >= 0.3 is 5.97 Å². The number of allylic oxidation sites excluding steroid dienone is 1. The summed E-state index contributed by atoms with van der Waals surface area (Å²) in [6, 6.07) is 6.56. The molecule has 2 rings (SSSR count). The summed E-state index contributed by atoms with van der Waals surface area (Å²) in [5, 5.41) is 2.94. The molecule has 0 saturated carbocycles. The summed E-state index contributed by atoms with van der Waals surface area (Å²) < 4.78 is 5.01. The number of likely N-dealkylation sites (tertiary alicyclic amines) is 1. The van der Waals surface area contributed by atoms with Gasteiger partial charge in [0.25, 0.3) is 5.91 Å². The SMILES string of the molecule is CC(=O)Oc1cccc(C(=O)NCC2CCN(C(=O)/C=C/C(C)(C)C)CC2)c1. The van der Waals surface area contributed by atoms with E-state index in [2.05, 4.69) is 26.1 Å². The molecule has 0 spiro atoms. The first kappa shape index (κ1) is 21.7. The highest BCUT2D eigenvalue weighted by Crippen LogP contribution is 2.19. The van der Waals surface area contributed by atoms with Gasteiger partial charge in [-0.15, -0.1) is 0 Å². The van der Waals surface area contributed by atoms with Crippen LogP contribution in [0.2, 0.25) is 0 Å². The number of ether oxygens (including phenoxy) is 1. The minimum Gasteiger partial charge on any atom is -0.427 e. The summed E-state index contributed by atoms with van der Waals surface area (Å²) in [5.41, 5.74) is 0.448. The van der Waals surface area contributed by atoms with Gasteiger partial charge in [-0.2, -0.15) is 0 Å². The van der Waals surface area contributed by atoms with Crippen molar-refractivity contribution < 1.29 is 19.1 Å². The molecule has 6 heteroatoms. The van der Waals surface area contributed by atoms with Gasteiger partial charge in [0.15, 0.2) is 0 Å². The molecule has 0 aliphatic carbocycles. The van der Waals surface area contributed by atoms with Crippen molar-refractivity contribution in [3.05, 3.63) is 42.0 Å². The van der Waals surface area contributed by atoms with E-state index >= 15 is 0 Å². The van der Waals surface area contributed by atoms with Gasteiger partial charge in [-0.3, -0.25) is 14.4 Å². The van der Waals surface area contributed by atoms with Gasteiger partial charge in [-0.1, -0.05) is 32.9 Å². The molecule has 0 radical (unpaired) electrons. The predicted molar refractivity (Wildman–Crippen MR) is 108 cm³/mol. The normalized spacial score (nSPS) is 15.5. The summed E-state index contributed by atoms with van der Waals surface area (Å²) in [6.45, 7) is 9.49. The second kappa shape index (κ2) is 9.53. The first-order chi connectivity index (χ1) is 13.1. The van der Waals surface area contributed by atoms with Crippen LogP contribution < -0.4 is 10.1 Å². The molecule has 0 unspecified atom stereocenters. The van der Waals surface area contributed by atoms with E-state index < -0.39 is 5.97 Å². The quantitative estimate of drug-likeness (QED) is 0.479. The van der Waals surface area contributed by atoms with E-state index in [1.54, 1.807) is 30.3 Å². The number of nitrogens with one attached hydrogen (secondary N) is 1. The molecule has 1 saturated heterocycles. The van der Waals surface area contributed by atoms with Gasteiger partial charge < -0.3 is 15.0 Å². The van der Waals surface area contributed by atoms with Gasteiger partial charge in [0, 0.05) is 32.1 Å². The molecule has 1 fully saturated rings. The Morgan fingerprint density at radius 2 is 1.89 bits per heavy atom. The van der Waals surface area contributed by atoms with Crippen LogP contribution in [-0.2, 0) is 9.59 Å². The Hall–Kier alpha value is -2.63. The summed E-state index contributed by atoms with van der Waals surface area (Å²) in [7, 11) is 0. The zero-order valence-corrected chi connectivity index (χ0v) is 17.2. The molecule has 0 atom stereocenters. The Kier molecular flexibility index (Phi) is 7.38. The fraction of sp³-hybridized carbons (Fsp3) is 0.500. The predicted octanol–water partition coefficient (Wildman–Crippen LogP) is 3.18. The summed E-state index contributed by atoms with van der Waals surface area (Å²) in [6.07, 6.45) is 5.33. The summed E-state index contributed by atoms with van der Waals surface area (Å²) in [4.78, 5) is 37.5. The number of piperidine rings is 1. The number of benzene rings is 1. The highest BCUT2D eigenvalue weighted by atomic mass is 16.5. The van der Waals surface area contributed by atoms with Gasteiger partial charge in [-0.25, -0.2) is 0 Å². The maximum absolute atomic E-state index is 12.4. The molecule has 152 valence electrons. The Labute approximate surface area is 166 Å². The van der Waals surface area contributed by atoms with Crippen molar-refractivity contribution in [3.63, 3.8) is 0 Å². The average molecular weight is 386 g/mol. The number of hydrogen-bond acceptors (Lipinski definition) is 4. The Balaban J connectivity index is 1.79. The van der Waals surface area contributed by atoms with Gasteiger partial charge in [0.2, 0.25) is 5.91 Å². The van der Waals surface area contributed by atoms with E-state index in [4.69, 9.17) is 4.74 Å². The number of carbonyl (C=O) groups is 3. The van der Waals surface area contributed by atoms with Crippen molar-refractivity contribution in [1.29, 1.82) is 0 Å². The minimum atomic E-state index is -0.420. The van der Waals surface area contributed by atoms with E-state index in [0.717, 1.165) is 12.8 Å². The lowest BCUT2D eigenvalue weighted by molar-refractivity contribution is -0.132. The molecule has 0 aromatic heterocycles. The summed E-state index contributed by atoms with van der Waals surface area (Å²) in [5.74, 6) is 0.142. The lowest BCUT2D eigenvalue weighted by Crippen LogP contribution is -2.41. The zero-order chi connectivity index (χ0) is 20.7. The zero-order valence-electron chi connectivity index (χ0n) is 17.2. The number of carbonyl (C=O) groups excluding carboxylic acids is 3. The largest absolute Gasteiger partial charge is 0.427 e. The first-order valence-corrected chi connectivity index (χ1v) is 9.69. The third-order valence-corrected chi connectivity index (χ3v) is 4.56. The Morgan fingerprint density at radius 3 is 2.50 bits per heavy atom. The second-order valence-electron chi connectivity index (χ2n) is 8.30. The lowest BCUT2D eigenvalue weighted by atomic mass is 9.95. The number of rotatable bonds is 5. The Bertz CT molecular complexity index is 741. The number of amides is 2. The third kappa shape index (κ3) is 7.18. The van der Waals surface area contributed by atoms with Crippen molar-refractivity contribution in [2.75, 3.05) is 19.6 Å². The van der Waals surface area contributed by atoms with Gasteiger partial charge in [0.1, 0.15) is 5.75 Å². The second-order valence-corrected chi connectivity index (χ2v) is 8.30. The van der Waals surface area contributed by atoms with Crippen molar-refractivity contribution >= 4 is 17.8 Å². The topological polar surface area (TPSA) is 75.7 Å². The summed E-state index contributed by atoms with van der Waals surface area (Å²) >= 11 is 0. The standard InChI is InChI=1S/C22H30N2O4/c1-16(25)28-19-7-5-6-18(14-19)21(27)23-15-17-9-12-24(13-10-17)20(26)8-11-22(2,3)4/h5-8,11,14,17H,9-10,12-13,15H2,1-4H3,(H,23,27)/b11-8+. The molecule has 1 aliphatic rings. The maximum atomic E-state index is 12.4. The fourth-order valence-electron chi connectivity index (χ4n) is 2.99. The highest BCUT2D eigenvalue weighted by molar-refractivity contribution is 5.94. The molecule has 28 heavy (non-hydrogen) atoms. The van der Waals surface area contributed by atoms with Crippen molar-refractivity contribution in [2.24, 2.45) is 11.3 Å². The Morgan fingerprint density at radius 1 is 1.21 bits per heavy atom. The van der Waals surface area contributed by atoms with Crippen LogP contribution in [0, 0.1) is 11.3 Å². The van der Waals surface area contributed by atoms with E-state index in [1.807, 2.05) is 11.0 Å². The molecule has 1 N–H and O–H groups in total. The lowest BCUT2D eigenvalue weighted by Gasteiger charge is -2.31. The smallest absolute Gasteiger partial charge is 0.308 e. The molecule has 2 amide bonds. The van der Waals surface area contributed by atoms with E-state index in [-0.39, 0.29) is 17.2 Å². The monoisotopic (exact) mass is 386 g/mol. The molecule has 1 heterocycles. The molecule has 6 nitrogen and oxygen atoms in total. The molecular formula is C22H30N2O4. The van der Waals surface area contributed by atoms with E-state index in [0.29, 0.717) is 36.9 Å². The van der Waals surface area contributed by atoms with Crippen LogP contribution >= 0.6 is 0 Å². The van der Waals surface area contributed by atoms with Crippen LogP contribution in [0.5, 0.6) is 5.75 Å².